The molecule has 1 atom stereocenters. The van der Waals surface area contributed by atoms with Crippen molar-refractivity contribution in [1.82, 2.24) is 9.55 Å². The Morgan fingerprint density at radius 2 is 2.16 bits per heavy atom. The molecule has 0 aliphatic heterocycles. The molecule has 0 saturated heterocycles. The van der Waals surface area contributed by atoms with Crippen LogP contribution in [0.4, 0.5) is 11.5 Å². The predicted octanol–water partition coefficient (Wildman–Crippen LogP) is 2.88. The number of aromatic nitrogens is 2. The van der Waals surface area contributed by atoms with Crippen LogP contribution in [0.2, 0.25) is 0 Å². The van der Waals surface area contributed by atoms with E-state index in [0.29, 0.717) is 24.0 Å². The average molecular weight is 348 g/mol. The molecule has 0 spiro atoms. The third kappa shape index (κ3) is 4.77. The number of nitrogen functional groups attached to an aromatic ring is 1. The van der Waals surface area contributed by atoms with Gasteiger partial charge in [-0.15, -0.1) is 0 Å². The van der Waals surface area contributed by atoms with Crippen LogP contribution in [0.3, 0.4) is 0 Å². The fourth-order valence-corrected chi connectivity index (χ4v) is 3.29. The van der Waals surface area contributed by atoms with Crippen LogP contribution >= 0.6 is 0 Å². The van der Waals surface area contributed by atoms with Gasteiger partial charge >= 0.3 is 5.69 Å². The van der Waals surface area contributed by atoms with Crippen molar-refractivity contribution in [2.75, 3.05) is 17.2 Å². The molecule has 140 valence electrons. The topological polar surface area (TPSA) is 84.1 Å². The number of anilines is 2. The molecule has 0 radical (unpaired) electrons. The van der Waals surface area contributed by atoms with Gasteiger partial charge in [-0.05, 0) is 38.0 Å². The molecule has 0 fully saturated rings. The van der Waals surface area contributed by atoms with Crippen LogP contribution in [0.1, 0.15) is 59.3 Å². The third-order valence-corrected chi connectivity index (χ3v) is 4.81. The van der Waals surface area contributed by atoms with Gasteiger partial charge in [0.25, 0.3) is 5.56 Å². The minimum atomic E-state index is -0.414. The number of unbranched alkanes of at least 4 members (excludes halogenated alkanes) is 1. The molecule has 6 heteroatoms. The molecule has 6 nitrogen and oxygen atoms in total. The van der Waals surface area contributed by atoms with Crippen LogP contribution in [0, 0.1) is 5.92 Å². The molecule has 0 amide bonds. The van der Waals surface area contributed by atoms with E-state index in [-0.39, 0.29) is 11.6 Å². The second-order valence-electron chi connectivity index (χ2n) is 7.30. The lowest BCUT2D eigenvalue weighted by Crippen LogP contribution is -2.43. The van der Waals surface area contributed by atoms with Gasteiger partial charge < -0.3 is 10.6 Å². The van der Waals surface area contributed by atoms with Crippen molar-refractivity contribution in [2.24, 2.45) is 5.92 Å². The van der Waals surface area contributed by atoms with E-state index in [1.165, 1.54) is 4.57 Å². The van der Waals surface area contributed by atoms with E-state index in [4.69, 9.17) is 5.73 Å². The maximum Gasteiger partial charge on any atom is 0.330 e. The molecule has 2 rings (SSSR count). The summed E-state index contributed by atoms with van der Waals surface area (Å²) in [7, 11) is 0. The molecule has 1 aliphatic carbocycles. The Morgan fingerprint density at radius 3 is 2.76 bits per heavy atom. The number of hydrogen-bond acceptors (Lipinski definition) is 4. The van der Waals surface area contributed by atoms with E-state index in [1.807, 2.05) is 0 Å². The smallest absolute Gasteiger partial charge is 0.330 e. The Kier molecular flexibility index (Phi) is 6.91. The largest absolute Gasteiger partial charge is 0.383 e. The monoisotopic (exact) mass is 348 g/mol. The van der Waals surface area contributed by atoms with Crippen molar-refractivity contribution < 1.29 is 0 Å². The Morgan fingerprint density at radius 1 is 1.40 bits per heavy atom. The van der Waals surface area contributed by atoms with Crippen LogP contribution in [0.5, 0.6) is 0 Å². The first-order valence-electron chi connectivity index (χ1n) is 9.51. The van der Waals surface area contributed by atoms with Crippen molar-refractivity contribution in [1.29, 1.82) is 0 Å². The maximum absolute atomic E-state index is 12.6. The van der Waals surface area contributed by atoms with Crippen molar-refractivity contribution in [3.63, 3.8) is 0 Å². The van der Waals surface area contributed by atoms with Crippen LogP contribution in [-0.2, 0) is 6.54 Å². The number of nitrogens with two attached hydrogens (primary N) is 1. The highest BCUT2D eigenvalue weighted by atomic mass is 16.2. The highest BCUT2D eigenvalue weighted by Crippen LogP contribution is 2.26. The summed E-state index contributed by atoms with van der Waals surface area (Å²) in [5.74, 6) is 0.825. The van der Waals surface area contributed by atoms with E-state index in [1.54, 1.807) is 0 Å². The van der Waals surface area contributed by atoms with Crippen molar-refractivity contribution >= 4 is 11.5 Å². The minimum Gasteiger partial charge on any atom is -0.383 e. The van der Waals surface area contributed by atoms with E-state index < -0.39 is 5.69 Å². The molecule has 1 aromatic heterocycles. The van der Waals surface area contributed by atoms with Crippen molar-refractivity contribution in [2.45, 2.75) is 71.9 Å². The molecule has 25 heavy (non-hydrogen) atoms. The molecule has 1 unspecified atom stereocenters. The summed E-state index contributed by atoms with van der Waals surface area (Å²) >= 11 is 0. The first-order chi connectivity index (χ1) is 12.0. The first-order valence-corrected chi connectivity index (χ1v) is 9.51. The standard InChI is InChI=1S/C19H32N4O2/c1-4-5-12-23-17(20)16(18(24)21-19(23)25)22(13-11-14(2)3)15-9-7-6-8-10-15/h7,9,14-15H,4-6,8,10-13,20H2,1-3H3,(H,21,24,25). The molecule has 1 aromatic rings. The van der Waals surface area contributed by atoms with Gasteiger partial charge in [0.15, 0.2) is 0 Å². The Hall–Kier alpha value is -1.98. The molecular weight excluding hydrogens is 316 g/mol. The fraction of sp³-hybridized carbons (Fsp3) is 0.684. The lowest BCUT2D eigenvalue weighted by molar-refractivity contribution is 0.522. The van der Waals surface area contributed by atoms with Crippen LogP contribution in [-0.4, -0.2) is 22.1 Å². The van der Waals surface area contributed by atoms with Gasteiger partial charge in [-0.3, -0.25) is 14.3 Å². The Bertz CT molecular complexity index is 702. The van der Waals surface area contributed by atoms with E-state index in [9.17, 15) is 9.59 Å². The predicted molar refractivity (Wildman–Crippen MR) is 104 cm³/mol. The van der Waals surface area contributed by atoms with Gasteiger partial charge in [0.05, 0.1) is 0 Å². The van der Waals surface area contributed by atoms with Crippen LogP contribution < -0.4 is 21.9 Å². The Labute approximate surface area is 149 Å². The summed E-state index contributed by atoms with van der Waals surface area (Å²) in [5, 5.41) is 0. The second kappa shape index (κ2) is 8.92. The highest BCUT2D eigenvalue weighted by Gasteiger charge is 2.25. The van der Waals surface area contributed by atoms with Crippen molar-refractivity contribution in [3.05, 3.63) is 33.0 Å². The zero-order chi connectivity index (χ0) is 18.4. The fourth-order valence-electron chi connectivity index (χ4n) is 3.29. The number of H-pyrrole nitrogens is 1. The SMILES string of the molecule is CCCCn1c(N)c(N(CCC(C)C)C2C=CCCC2)c(=O)[nH]c1=O. The van der Waals surface area contributed by atoms with Crippen LogP contribution in [0.25, 0.3) is 0 Å². The highest BCUT2D eigenvalue weighted by molar-refractivity contribution is 5.63. The lowest BCUT2D eigenvalue weighted by atomic mass is 10.00. The van der Waals surface area contributed by atoms with E-state index in [2.05, 4.69) is 42.8 Å². The van der Waals surface area contributed by atoms with E-state index in [0.717, 1.165) is 45.1 Å². The summed E-state index contributed by atoms with van der Waals surface area (Å²) in [4.78, 5) is 29.4. The normalized spacial score (nSPS) is 17.2. The zero-order valence-electron chi connectivity index (χ0n) is 15.8. The molecule has 0 saturated carbocycles. The molecular formula is C19H32N4O2. The van der Waals surface area contributed by atoms with Gasteiger partial charge in [0.2, 0.25) is 0 Å². The molecule has 0 bridgehead atoms. The molecule has 1 aliphatic rings. The number of rotatable bonds is 8. The molecule has 1 heterocycles. The summed E-state index contributed by atoms with van der Waals surface area (Å²) in [6.45, 7) is 7.69. The van der Waals surface area contributed by atoms with Crippen molar-refractivity contribution in [3.8, 4) is 0 Å². The lowest BCUT2D eigenvalue weighted by Gasteiger charge is -2.34. The van der Waals surface area contributed by atoms with Gasteiger partial charge in [0, 0.05) is 19.1 Å². The quantitative estimate of drug-likeness (QED) is 0.708. The minimum absolute atomic E-state index is 0.160. The number of hydrogen-bond donors (Lipinski definition) is 2. The summed E-state index contributed by atoms with van der Waals surface area (Å²) in [5.41, 5.74) is 5.98. The number of nitrogens with zero attached hydrogens (tertiary/aromatic N) is 2. The van der Waals surface area contributed by atoms with E-state index >= 15 is 0 Å². The third-order valence-electron chi connectivity index (χ3n) is 4.81. The maximum atomic E-state index is 12.6. The Balaban J connectivity index is 2.47. The number of nitrogens with one attached hydrogen (secondary N) is 1. The van der Waals surface area contributed by atoms with Gasteiger partial charge in [0.1, 0.15) is 11.5 Å². The summed E-state index contributed by atoms with van der Waals surface area (Å²) in [6, 6.07) is 0.160. The molecule has 0 aromatic carbocycles. The second-order valence-corrected chi connectivity index (χ2v) is 7.30. The van der Waals surface area contributed by atoms with Gasteiger partial charge in [-0.2, -0.15) is 0 Å². The summed E-state index contributed by atoms with van der Waals surface area (Å²) in [6.07, 6.45) is 10.3. The number of allylic oxidation sites excluding steroid dienone is 1. The van der Waals surface area contributed by atoms with Crippen LogP contribution in [0.15, 0.2) is 21.7 Å². The number of aromatic amines is 1. The summed E-state index contributed by atoms with van der Waals surface area (Å²) < 4.78 is 1.51. The van der Waals surface area contributed by atoms with Gasteiger partial charge in [-0.25, -0.2) is 4.79 Å². The van der Waals surface area contributed by atoms with Gasteiger partial charge in [-0.1, -0.05) is 39.3 Å². The average Bonchev–Trinajstić information content (AvgIpc) is 2.58. The first kappa shape index (κ1) is 19.3. The zero-order valence-corrected chi connectivity index (χ0v) is 15.8. The molecule has 3 N–H and O–H groups in total.